The van der Waals surface area contributed by atoms with Gasteiger partial charge in [-0.1, -0.05) is 12.1 Å². The molecule has 2 aromatic carbocycles. The van der Waals surface area contributed by atoms with Crippen LogP contribution in [-0.4, -0.2) is 37.6 Å². The highest BCUT2D eigenvalue weighted by Crippen LogP contribution is 2.19. The van der Waals surface area contributed by atoms with E-state index < -0.39 is 13.0 Å². The molecule has 30 heavy (non-hydrogen) atoms. The summed E-state index contributed by atoms with van der Waals surface area (Å²) in [5, 5.41) is 7.41. The molecule has 0 saturated heterocycles. The van der Waals surface area contributed by atoms with Crippen molar-refractivity contribution in [2.24, 2.45) is 4.99 Å². The van der Waals surface area contributed by atoms with Crippen molar-refractivity contribution in [3.63, 3.8) is 0 Å². The summed E-state index contributed by atoms with van der Waals surface area (Å²) in [7, 11) is 1.67. The quantitative estimate of drug-likeness (QED) is 0.228. The highest BCUT2D eigenvalue weighted by atomic mass is 127. The number of H-pyrrole nitrogens is 1. The van der Waals surface area contributed by atoms with Gasteiger partial charge in [0.15, 0.2) is 5.96 Å². The number of alkyl halides is 2. The SMILES string of the molecule is CN=C(NCCc1c[nH]c2cc(F)ccc12)NCc1cccc(OCC(F)F)c1.I. The summed E-state index contributed by atoms with van der Waals surface area (Å²) in [6.45, 7) is 0.486. The predicted octanol–water partition coefficient (Wildman–Crippen LogP) is 4.48. The highest BCUT2D eigenvalue weighted by Gasteiger charge is 2.06. The number of aromatic amines is 1. The molecule has 0 aliphatic rings. The Morgan fingerprint density at radius 3 is 2.77 bits per heavy atom. The van der Waals surface area contributed by atoms with Crippen LogP contribution < -0.4 is 15.4 Å². The van der Waals surface area contributed by atoms with Gasteiger partial charge in [-0.2, -0.15) is 0 Å². The first kappa shape index (κ1) is 23.8. The fraction of sp³-hybridized carbons (Fsp3) is 0.286. The Bertz CT molecular complexity index is 978. The van der Waals surface area contributed by atoms with Crippen molar-refractivity contribution in [3.05, 3.63) is 65.6 Å². The molecule has 0 radical (unpaired) electrons. The molecule has 0 spiro atoms. The van der Waals surface area contributed by atoms with Gasteiger partial charge in [-0.25, -0.2) is 13.2 Å². The first-order chi connectivity index (χ1) is 14.0. The highest BCUT2D eigenvalue weighted by molar-refractivity contribution is 14.0. The van der Waals surface area contributed by atoms with Crippen molar-refractivity contribution in [1.29, 1.82) is 0 Å². The second-order valence-electron chi connectivity index (χ2n) is 6.46. The minimum absolute atomic E-state index is 0. The summed E-state index contributed by atoms with van der Waals surface area (Å²) in [6.07, 6.45) is 0.117. The number of guanidine groups is 1. The van der Waals surface area contributed by atoms with Crippen LogP contribution >= 0.6 is 24.0 Å². The van der Waals surface area contributed by atoms with E-state index in [2.05, 4.69) is 20.6 Å². The van der Waals surface area contributed by atoms with E-state index in [1.54, 1.807) is 31.3 Å². The van der Waals surface area contributed by atoms with Crippen molar-refractivity contribution >= 4 is 40.8 Å². The summed E-state index contributed by atoms with van der Waals surface area (Å²) in [5.41, 5.74) is 2.75. The van der Waals surface area contributed by atoms with Gasteiger partial charge in [-0.05, 0) is 47.9 Å². The van der Waals surface area contributed by atoms with Gasteiger partial charge < -0.3 is 20.4 Å². The van der Waals surface area contributed by atoms with E-state index in [0.717, 1.165) is 28.5 Å². The zero-order chi connectivity index (χ0) is 20.6. The topological polar surface area (TPSA) is 61.4 Å². The number of fused-ring (bicyclic) bond motifs is 1. The minimum atomic E-state index is -2.50. The van der Waals surface area contributed by atoms with Crippen molar-refractivity contribution < 1.29 is 17.9 Å². The van der Waals surface area contributed by atoms with E-state index in [9.17, 15) is 13.2 Å². The number of aliphatic imine (C=N–C) groups is 1. The Kier molecular flexibility index (Phi) is 9.28. The average molecular weight is 532 g/mol. The van der Waals surface area contributed by atoms with Crippen LogP contribution in [0.5, 0.6) is 5.75 Å². The molecule has 0 bridgehead atoms. The summed E-state index contributed by atoms with van der Waals surface area (Å²) in [4.78, 5) is 7.26. The third kappa shape index (κ3) is 6.82. The molecular weight excluding hydrogens is 508 g/mol. The van der Waals surface area contributed by atoms with Crippen molar-refractivity contribution in [1.82, 2.24) is 15.6 Å². The maximum atomic E-state index is 13.3. The molecule has 9 heteroatoms. The van der Waals surface area contributed by atoms with E-state index in [1.807, 2.05) is 12.3 Å². The first-order valence-electron chi connectivity index (χ1n) is 9.25. The van der Waals surface area contributed by atoms with Gasteiger partial charge >= 0.3 is 0 Å². The van der Waals surface area contributed by atoms with E-state index in [0.29, 0.717) is 24.8 Å². The van der Waals surface area contributed by atoms with Gasteiger partial charge in [0.1, 0.15) is 18.2 Å². The van der Waals surface area contributed by atoms with Crippen LogP contribution in [-0.2, 0) is 13.0 Å². The van der Waals surface area contributed by atoms with Crippen LogP contribution in [0.2, 0.25) is 0 Å². The smallest absolute Gasteiger partial charge is 0.272 e. The zero-order valence-corrected chi connectivity index (χ0v) is 18.8. The number of hydrogen-bond acceptors (Lipinski definition) is 2. The molecule has 3 rings (SSSR count). The van der Waals surface area contributed by atoms with Crippen LogP contribution in [0.25, 0.3) is 10.9 Å². The number of aromatic nitrogens is 1. The molecule has 0 unspecified atom stereocenters. The molecule has 0 amide bonds. The van der Waals surface area contributed by atoms with E-state index in [4.69, 9.17) is 4.74 Å². The summed E-state index contributed by atoms with van der Waals surface area (Å²) < 4.78 is 42.8. The molecule has 0 fully saturated rings. The lowest BCUT2D eigenvalue weighted by Crippen LogP contribution is -2.37. The minimum Gasteiger partial charge on any atom is -0.488 e. The monoisotopic (exact) mass is 532 g/mol. The standard InChI is InChI=1S/C21H23F3N4O.HI/c1-25-21(28-11-14-3-2-4-17(9-14)29-13-20(23)24)26-8-7-15-12-27-19-10-16(22)5-6-18(15)19;/h2-6,9-10,12,20,27H,7-8,11,13H2,1H3,(H2,25,26,28);1H. The molecule has 1 heterocycles. The lowest BCUT2D eigenvalue weighted by Gasteiger charge is -2.13. The fourth-order valence-electron chi connectivity index (χ4n) is 2.99. The van der Waals surface area contributed by atoms with E-state index in [1.165, 1.54) is 12.1 Å². The van der Waals surface area contributed by atoms with Gasteiger partial charge in [-0.15, -0.1) is 24.0 Å². The normalized spacial score (nSPS) is 11.4. The van der Waals surface area contributed by atoms with Crippen LogP contribution in [0.3, 0.4) is 0 Å². The van der Waals surface area contributed by atoms with Crippen molar-refractivity contribution in [2.45, 2.75) is 19.4 Å². The van der Waals surface area contributed by atoms with Crippen LogP contribution in [0.1, 0.15) is 11.1 Å². The predicted molar refractivity (Wildman–Crippen MR) is 124 cm³/mol. The van der Waals surface area contributed by atoms with Gasteiger partial charge in [-0.3, -0.25) is 4.99 Å². The van der Waals surface area contributed by atoms with Gasteiger partial charge in [0.05, 0.1) is 0 Å². The van der Waals surface area contributed by atoms with Crippen molar-refractivity contribution in [3.8, 4) is 5.75 Å². The molecular formula is C21H24F3IN4O. The second kappa shape index (κ2) is 11.7. The number of nitrogens with one attached hydrogen (secondary N) is 3. The van der Waals surface area contributed by atoms with Crippen molar-refractivity contribution in [2.75, 3.05) is 20.2 Å². The maximum Gasteiger partial charge on any atom is 0.272 e. The van der Waals surface area contributed by atoms with E-state index >= 15 is 0 Å². The van der Waals surface area contributed by atoms with Crippen LogP contribution in [0, 0.1) is 5.82 Å². The second-order valence-corrected chi connectivity index (χ2v) is 6.46. The number of rotatable bonds is 8. The summed E-state index contributed by atoms with van der Waals surface area (Å²) >= 11 is 0. The van der Waals surface area contributed by atoms with E-state index in [-0.39, 0.29) is 29.8 Å². The molecule has 0 saturated carbocycles. The van der Waals surface area contributed by atoms with Gasteiger partial charge in [0.25, 0.3) is 6.43 Å². The number of nitrogens with zero attached hydrogens (tertiary/aromatic N) is 1. The lowest BCUT2D eigenvalue weighted by molar-refractivity contribution is 0.0818. The number of halogens is 4. The van der Waals surface area contributed by atoms with Crippen LogP contribution in [0.15, 0.2) is 53.7 Å². The number of hydrogen-bond donors (Lipinski definition) is 3. The van der Waals surface area contributed by atoms with Gasteiger partial charge in [0, 0.05) is 37.2 Å². The Morgan fingerprint density at radius 1 is 1.17 bits per heavy atom. The fourth-order valence-corrected chi connectivity index (χ4v) is 2.99. The third-order valence-electron chi connectivity index (χ3n) is 4.37. The maximum absolute atomic E-state index is 13.3. The Balaban J connectivity index is 0.00000320. The third-order valence-corrected chi connectivity index (χ3v) is 4.37. The molecule has 162 valence electrons. The van der Waals surface area contributed by atoms with Crippen LogP contribution in [0.4, 0.5) is 13.2 Å². The molecule has 5 nitrogen and oxygen atoms in total. The molecule has 3 aromatic rings. The Morgan fingerprint density at radius 2 is 2.00 bits per heavy atom. The summed E-state index contributed by atoms with van der Waals surface area (Å²) in [6, 6.07) is 11.7. The first-order valence-corrected chi connectivity index (χ1v) is 9.25. The number of benzene rings is 2. The molecule has 0 aliphatic heterocycles. The Labute approximate surface area is 190 Å². The molecule has 0 atom stereocenters. The lowest BCUT2D eigenvalue weighted by atomic mass is 10.1. The summed E-state index contributed by atoms with van der Waals surface area (Å²) in [5.74, 6) is 0.760. The molecule has 1 aromatic heterocycles. The largest absolute Gasteiger partial charge is 0.488 e. The zero-order valence-electron chi connectivity index (χ0n) is 16.4. The average Bonchev–Trinajstić information content (AvgIpc) is 3.11. The molecule has 0 aliphatic carbocycles. The molecule has 3 N–H and O–H groups in total. The Hall–Kier alpha value is -2.43. The van der Waals surface area contributed by atoms with Gasteiger partial charge in [0.2, 0.25) is 0 Å². The number of ether oxygens (including phenoxy) is 1.